The molecule has 0 aromatic heterocycles. The van der Waals surface area contributed by atoms with Crippen LogP contribution in [0.1, 0.15) is 27.9 Å². The maximum absolute atomic E-state index is 12.1. The average molecular weight is 361 g/mol. The van der Waals surface area contributed by atoms with Crippen molar-refractivity contribution in [2.75, 3.05) is 19.0 Å². The van der Waals surface area contributed by atoms with Gasteiger partial charge in [-0.3, -0.25) is 4.79 Å². The van der Waals surface area contributed by atoms with Gasteiger partial charge in [0.2, 0.25) is 5.91 Å². The van der Waals surface area contributed by atoms with Gasteiger partial charge in [0.1, 0.15) is 0 Å². The first-order valence-corrected chi connectivity index (χ1v) is 8.31. The molecule has 2 aromatic rings. The number of rotatable bonds is 7. The van der Waals surface area contributed by atoms with Gasteiger partial charge in [0.15, 0.2) is 0 Å². The van der Waals surface area contributed by atoms with Gasteiger partial charge in [0.05, 0.1) is 23.4 Å². The summed E-state index contributed by atoms with van der Waals surface area (Å²) in [6, 6.07) is 12.8. The van der Waals surface area contributed by atoms with Crippen LogP contribution in [0.25, 0.3) is 0 Å². The molecule has 0 bridgehead atoms. The van der Waals surface area contributed by atoms with Crippen molar-refractivity contribution in [1.82, 2.24) is 5.32 Å². The molecule has 6 heteroatoms. The Morgan fingerprint density at radius 1 is 1.16 bits per heavy atom. The number of carbonyl (C=O) groups is 2. The van der Waals surface area contributed by atoms with Gasteiger partial charge in [-0.25, -0.2) is 4.79 Å². The molecule has 0 aliphatic carbocycles. The number of methoxy groups -OCH3 is 1. The lowest BCUT2D eigenvalue weighted by Crippen LogP contribution is -2.21. The van der Waals surface area contributed by atoms with E-state index in [0.717, 1.165) is 0 Å². The van der Waals surface area contributed by atoms with E-state index in [9.17, 15) is 9.59 Å². The van der Waals surface area contributed by atoms with Gasteiger partial charge in [-0.15, -0.1) is 0 Å². The van der Waals surface area contributed by atoms with Crippen LogP contribution < -0.4 is 10.6 Å². The normalized spacial score (nSPS) is 10.4. The number of hydrogen-bond donors (Lipinski definition) is 2. The molecule has 2 rings (SSSR count). The number of esters is 1. The van der Waals surface area contributed by atoms with Crippen LogP contribution >= 0.6 is 11.6 Å². The smallest absolute Gasteiger partial charge is 0.337 e. The minimum Gasteiger partial charge on any atom is -0.465 e. The Balaban J connectivity index is 1.83. The molecule has 2 aromatic carbocycles. The minimum absolute atomic E-state index is 0.180. The van der Waals surface area contributed by atoms with Gasteiger partial charge in [0.25, 0.3) is 0 Å². The first-order valence-electron chi connectivity index (χ1n) is 7.93. The van der Waals surface area contributed by atoms with Gasteiger partial charge in [-0.1, -0.05) is 41.4 Å². The Hall–Kier alpha value is -2.37. The van der Waals surface area contributed by atoms with Crippen LogP contribution in [0, 0.1) is 6.92 Å². The molecule has 0 aliphatic rings. The largest absolute Gasteiger partial charge is 0.465 e. The van der Waals surface area contributed by atoms with E-state index in [1.807, 2.05) is 25.1 Å². The molecule has 0 heterocycles. The Labute approximate surface area is 152 Å². The number of anilines is 1. The zero-order valence-electron chi connectivity index (χ0n) is 14.3. The number of carbonyl (C=O) groups excluding carboxylic acids is 2. The van der Waals surface area contributed by atoms with E-state index in [1.54, 1.807) is 12.1 Å². The number of nitrogens with one attached hydrogen (secondary N) is 2. The molecular formula is C19H21ClN2O3. The van der Waals surface area contributed by atoms with Crippen LogP contribution in [-0.4, -0.2) is 25.5 Å². The van der Waals surface area contributed by atoms with E-state index < -0.39 is 5.97 Å². The van der Waals surface area contributed by atoms with E-state index in [1.165, 1.54) is 24.3 Å². The molecule has 1 amide bonds. The zero-order valence-corrected chi connectivity index (χ0v) is 15.0. The van der Waals surface area contributed by atoms with E-state index in [4.69, 9.17) is 11.6 Å². The van der Waals surface area contributed by atoms with Crippen molar-refractivity contribution in [2.24, 2.45) is 0 Å². The number of ether oxygens (including phenoxy) is 1. The molecule has 132 valence electrons. The van der Waals surface area contributed by atoms with Crippen molar-refractivity contribution in [3.8, 4) is 0 Å². The topological polar surface area (TPSA) is 67.4 Å². The number of benzene rings is 2. The van der Waals surface area contributed by atoms with Gasteiger partial charge >= 0.3 is 5.97 Å². The molecule has 0 unspecified atom stereocenters. The summed E-state index contributed by atoms with van der Waals surface area (Å²) in [5, 5.41) is 6.32. The summed E-state index contributed by atoms with van der Waals surface area (Å²) in [4.78, 5) is 23.6. The van der Waals surface area contributed by atoms with E-state index in [-0.39, 0.29) is 5.91 Å². The first kappa shape index (κ1) is 19.0. The zero-order chi connectivity index (χ0) is 18.2. The van der Waals surface area contributed by atoms with Crippen molar-refractivity contribution < 1.29 is 14.3 Å². The molecular weight excluding hydrogens is 340 g/mol. The van der Waals surface area contributed by atoms with Crippen LogP contribution in [0.15, 0.2) is 42.5 Å². The summed E-state index contributed by atoms with van der Waals surface area (Å²) in [6.45, 7) is 3.28. The van der Waals surface area contributed by atoms with Crippen LogP contribution in [-0.2, 0) is 16.1 Å². The quantitative estimate of drug-likeness (QED) is 0.585. The molecule has 0 atom stereocenters. The van der Waals surface area contributed by atoms with Crippen LogP contribution in [0.3, 0.4) is 0 Å². The summed E-state index contributed by atoms with van der Waals surface area (Å²) in [5.41, 5.74) is 3.11. The van der Waals surface area contributed by atoms with Crippen LogP contribution in [0.4, 0.5) is 5.69 Å². The van der Waals surface area contributed by atoms with E-state index in [2.05, 4.69) is 21.4 Å². The lowest BCUT2D eigenvalue weighted by molar-refractivity contribution is -0.116. The molecule has 0 saturated carbocycles. The number of halogens is 1. The lowest BCUT2D eigenvalue weighted by Gasteiger charge is -2.10. The first-order chi connectivity index (χ1) is 12.0. The van der Waals surface area contributed by atoms with E-state index in [0.29, 0.717) is 35.8 Å². The Morgan fingerprint density at radius 3 is 2.68 bits per heavy atom. The molecule has 25 heavy (non-hydrogen) atoms. The SMILES string of the molecule is COC(=O)c1ccc(Cl)c(NC(=O)CCNCc2cccc(C)c2)c1. The monoisotopic (exact) mass is 360 g/mol. The molecule has 0 fully saturated rings. The third-order valence-electron chi connectivity index (χ3n) is 3.60. The molecule has 0 saturated heterocycles. The fourth-order valence-electron chi connectivity index (χ4n) is 2.34. The Bertz CT molecular complexity index is 762. The summed E-state index contributed by atoms with van der Waals surface area (Å²) in [5.74, 6) is -0.660. The second-order valence-corrected chi connectivity index (χ2v) is 6.06. The minimum atomic E-state index is -0.480. The maximum atomic E-state index is 12.1. The summed E-state index contributed by atoms with van der Waals surface area (Å²) in [6.07, 6.45) is 0.296. The van der Waals surface area contributed by atoms with Crippen molar-refractivity contribution in [2.45, 2.75) is 19.9 Å². The third-order valence-corrected chi connectivity index (χ3v) is 3.93. The maximum Gasteiger partial charge on any atom is 0.337 e. The predicted octanol–water partition coefficient (Wildman–Crippen LogP) is 3.55. The standard InChI is InChI=1S/C19H21ClN2O3/c1-13-4-3-5-14(10-13)12-21-9-8-18(23)22-17-11-15(19(24)25-2)6-7-16(17)20/h3-7,10-11,21H,8-9,12H2,1-2H3,(H,22,23). The highest BCUT2D eigenvalue weighted by atomic mass is 35.5. The third kappa shape index (κ3) is 5.89. The van der Waals surface area contributed by atoms with Gasteiger partial charge in [-0.05, 0) is 30.7 Å². The second kappa shape index (κ2) is 9.20. The van der Waals surface area contributed by atoms with Crippen molar-refractivity contribution in [1.29, 1.82) is 0 Å². The lowest BCUT2D eigenvalue weighted by atomic mass is 10.1. The van der Waals surface area contributed by atoms with Crippen molar-refractivity contribution in [3.63, 3.8) is 0 Å². The van der Waals surface area contributed by atoms with Gasteiger partial charge < -0.3 is 15.4 Å². The van der Waals surface area contributed by atoms with Crippen LogP contribution in [0.2, 0.25) is 5.02 Å². The Morgan fingerprint density at radius 2 is 1.96 bits per heavy atom. The highest BCUT2D eigenvalue weighted by molar-refractivity contribution is 6.33. The number of aryl methyl sites for hydroxylation is 1. The highest BCUT2D eigenvalue weighted by Crippen LogP contribution is 2.23. The number of hydrogen-bond acceptors (Lipinski definition) is 4. The number of amides is 1. The summed E-state index contributed by atoms with van der Waals surface area (Å²) < 4.78 is 4.66. The van der Waals surface area contributed by atoms with Gasteiger partial charge in [0, 0.05) is 19.5 Å². The fraction of sp³-hybridized carbons (Fsp3) is 0.263. The second-order valence-electron chi connectivity index (χ2n) is 5.65. The predicted molar refractivity (Wildman–Crippen MR) is 98.9 cm³/mol. The molecule has 0 spiro atoms. The van der Waals surface area contributed by atoms with Crippen molar-refractivity contribution in [3.05, 3.63) is 64.2 Å². The van der Waals surface area contributed by atoms with Crippen LogP contribution in [0.5, 0.6) is 0 Å². The molecule has 5 nitrogen and oxygen atoms in total. The van der Waals surface area contributed by atoms with E-state index >= 15 is 0 Å². The molecule has 2 N–H and O–H groups in total. The van der Waals surface area contributed by atoms with Crippen molar-refractivity contribution >= 4 is 29.2 Å². The highest BCUT2D eigenvalue weighted by Gasteiger charge is 2.11. The molecule has 0 aliphatic heterocycles. The average Bonchev–Trinajstić information content (AvgIpc) is 2.60. The summed E-state index contributed by atoms with van der Waals surface area (Å²) in [7, 11) is 1.30. The summed E-state index contributed by atoms with van der Waals surface area (Å²) >= 11 is 6.06. The fourth-order valence-corrected chi connectivity index (χ4v) is 2.50. The Kier molecular flexibility index (Phi) is 6.98. The van der Waals surface area contributed by atoms with Gasteiger partial charge in [-0.2, -0.15) is 0 Å². The molecule has 0 radical (unpaired) electrons.